The summed E-state index contributed by atoms with van der Waals surface area (Å²) in [6.07, 6.45) is 0. The average Bonchev–Trinajstić information content (AvgIpc) is 2.63. The molecular weight excluding hydrogens is 216 g/mol. The predicted molar refractivity (Wildman–Crippen MR) is 54.8 cm³/mol. The van der Waals surface area contributed by atoms with Crippen molar-refractivity contribution in [2.24, 2.45) is 0 Å². The van der Waals surface area contributed by atoms with Gasteiger partial charge in [0, 0.05) is 6.92 Å². The maximum absolute atomic E-state index is 5.91. The fourth-order valence-corrected chi connectivity index (χ4v) is 1.29. The molecule has 5 heteroatoms. The van der Waals surface area contributed by atoms with Crippen molar-refractivity contribution in [3.63, 3.8) is 0 Å². The first-order chi connectivity index (χ1) is 7.25. The molecule has 15 heavy (non-hydrogen) atoms. The normalized spacial score (nSPS) is 10.3. The Hall–Kier alpha value is -1.55. The lowest BCUT2D eigenvalue weighted by Gasteiger charge is -2.04. The van der Waals surface area contributed by atoms with E-state index in [1.54, 1.807) is 19.1 Å². The highest BCUT2D eigenvalue weighted by Crippen LogP contribution is 2.23. The van der Waals surface area contributed by atoms with Crippen LogP contribution in [0, 0.1) is 6.92 Å². The molecular formula is C10H9ClN2O2. The minimum absolute atomic E-state index is 0.251. The van der Waals surface area contributed by atoms with Crippen molar-refractivity contribution in [1.29, 1.82) is 0 Å². The molecule has 2 aromatic rings. The Bertz CT molecular complexity index is 456. The molecule has 0 spiro atoms. The van der Waals surface area contributed by atoms with Gasteiger partial charge in [-0.3, -0.25) is 0 Å². The summed E-state index contributed by atoms with van der Waals surface area (Å²) in [4.78, 5) is 4.01. The summed E-state index contributed by atoms with van der Waals surface area (Å²) in [6, 6.07) is 7.24. The van der Waals surface area contributed by atoms with E-state index in [1.807, 2.05) is 12.1 Å². The SMILES string of the molecule is Cc1nc(COc2ccccc2Cl)no1. The molecule has 0 unspecified atom stereocenters. The van der Waals surface area contributed by atoms with Crippen LogP contribution < -0.4 is 4.74 Å². The van der Waals surface area contributed by atoms with E-state index < -0.39 is 0 Å². The van der Waals surface area contributed by atoms with Gasteiger partial charge in [-0.05, 0) is 12.1 Å². The van der Waals surface area contributed by atoms with Gasteiger partial charge in [0.15, 0.2) is 6.61 Å². The molecule has 0 N–H and O–H groups in total. The molecule has 0 fully saturated rings. The van der Waals surface area contributed by atoms with E-state index in [1.165, 1.54) is 0 Å². The molecule has 0 aliphatic rings. The van der Waals surface area contributed by atoms with E-state index >= 15 is 0 Å². The number of halogens is 1. The largest absolute Gasteiger partial charge is 0.484 e. The molecule has 0 atom stereocenters. The first kappa shape index (κ1) is 9.98. The summed E-state index contributed by atoms with van der Waals surface area (Å²) in [5.74, 6) is 1.64. The molecule has 1 aromatic heterocycles. The number of benzene rings is 1. The Kier molecular flexibility index (Phi) is 2.87. The second-order valence-electron chi connectivity index (χ2n) is 2.95. The van der Waals surface area contributed by atoms with Gasteiger partial charge in [0.1, 0.15) is 5.75 Å². The number of rotatable bonds is 3. The van der Waals surface area contributed by atoms with Crippen molar-refractivity contribution in [3.05, 3.63) is 41.0 Å². The monoisotopic (exact) mass is 224 g/mol. The molecule has 0 radical (unpaired) electrons. The molecule has 2 rings (SSSR count). The van der Waals surface area contributed by atoms with Crippen molar-refractivity contribution in [2.75, 3.05) is 0 Å². The summed E-state index contributed by atoms with van der Waals surface area (Å²) in [7, 11) is 0. The molecule has 0 amide bonds. The van der Waals surface area contributed by atoms with Crippen molar-refractivity contribution in [3.8, 4) is 5.75 Å². The van der Waals surface area contributed by atoms with E-state index in [2.05, 4.69) is 10.1 Å². The Morgan fingerprint density at radius 1 is 1.40 bits per heavy atom. The minimum Gasteiger partial charge on any atom is -0.484 e. The summed E-state index contributed by atoms with van der Waals surface area (Å²) in [6.45, 7) is 1.98. The van der Waals surface area contributed by atoms with E-state index in [0.717, 1.165) is 0 Å². The van der Waals surface area contributed by atoms with Crippen LogP contribution in [0.25, 0.3) is 0 Å². The summed E-state index contributed by atoms with van der Waals surface area (Å²) in [5, 5.41) is 4.27. The Morgan fingerprint density at radius 3 is 2.87 bits per heavy atom. The highest BCUT2D eigenvalue weighted by molar-refractivity contribution is 6.32. The Balaban J connectivity index is 2.02. The van der Waals surface area contributed by atoms with Crippen LogP contribution in [0.1, 0.15) is 11.7 Å². The third kappa shape index (κ3) is 2.47. The number of ether oxygens (including phenoxy) is 1. The molecule has 0 aliphatic carbocycles. The van der Waals surface area contributed by atoms with Crippen LogP contribution in [0.15, 0.2) is 28.8 Å². The quantitative estimate of drug-likeness (QED) is 0.804. The van der Waals surface area contributed by atoms with E-state index in [9.17, 15) is 0 Å². The van der Waals surface area contributed by atoms with Gasteiger partial charge >= 0.3 is 0 Å². The van der Waals surface area contributed by atoms with Gasteiger partial charge in [0.25, 0.3) is 0 Å². The fourth-order valence-electron chi connectivity index (χ4n) is 1.10. The van der Waals surface area contributed by atoms with E-state index in [-0.39, 0.29) is 6.61 Å². The summed E-state index contributed by atoms with van der Waals surface area (Å²) < 4.78 is 10.2. The van der Waals surface area contributed by atoms with Crippen LogP contribution in [0.5, 0.6) is 5.75 Å². The van der Waals surface area contributed by atoms with Gasteiger partial charge in [-0.15, -0.1) is 0 Å². The minimum atomic E-state index is 0.251. The van der Waals surface area contributed by atoms with Crippen LogP contribution in [0.3, 0.4) is 0 Å². The highest BCUT2D eigenvalue weighted by Gasteiger charge is 2.04. The number of aromatic nitrogens is 2. The second-order valence-corrected chi connectivity index (χ2v) is 3.36. The second kappa shape index (κ2) is 4.31. The van der Waals surface area contributed by atoms with Gasteiger partial charge in [-0.1, -0.05) is 28.9 Å². The lowest BCUT2D eigenvalue weighted by molar-refractivity contribution is 0.286. The zero-order chi connectivity index (χ0) is 10.7. The van der Waals surface area contributed by atoms with Crippen LogP contribution in [-0.4, -0.2) is 10.1 Å². The molecule has 1 aromatic carbocycles. The number of hydrogen-bond acceptors (Lipinski definition) is 4. The van der Waals surface area contributed by atoms with Gasteiger partial charge < -0.3 is 9.26 Å². The van der Waals surface area contributed by atoms with Crippen LogP contribution in [-0.2, 0) is 6.61 Å². The molecule has 0 saturated heterocycles. The van der Waals surface area contributed by atoms with Crippen LogP contribution in [0.4, 0.5) is 0 Å². The molecule has 0 bridgehead atoms. The lowest BCUT2D eigenvalue weighted by atomic mass is 10.3. The highest BCUT2D eigenvalue weighted by atomic mass is 35.5. The Morgan fingerprint density at radius 2 is 2.20 bits per heavy atom. The Labute approximate surface area is 91.8 Å². The number of nitrogens with zero attached hydrogens (tertiary/aromatic N) is 2. The molecule has 78 valence electrons. The van der Waals surface area contributed by atoms with Crippen molar-refractivity contribution in [1.82, 2.24) is 10.1 Å². The predicted octanol–water partition coefficient (Wildman–Crippen LogP) is 2.61. The summed E-state index contributed by atoms with van der Waals surface area (Å²) in [5.41, 5.74) is 0. The third-order valence-corrected chi connectivity index (χ3v) is 2.08. The van der Waals surface area contributed by atoms with Gasteiger partial charge in [0.2, 0.25) is 11.7 Å². The van der Waals surface area contributed by atoms with E-state index in [4.69, 9.17) is 20.9 Å². The zero-order valence-electron chi connectivity index (χ0n) is 8.11. The lowest BCUT2D eigenvalue weighted by Crippen LogP contribution is -1.97. The van der Waals surface area contributed by atoms with E-state index in [0.29, 0.717) is 22.5 Å². The van der Waals surface area contributed by atoms with Crippen LogP contribution in [0.2, 0.25) is 5.02 Å². The molecule has 4 nitrogen and oxygen atoms in total. The molecule has 0 saturated carbocycles. The third-order valence-electron chi connectivity index (χ3n) is 1.76. The molecule has 1 heterocycles. The smallest absolute Gasteiger partial charge is 0.223 e. The zero-order valence-corrected chi connectivity index (χ0v) is 8.86. The van der Waals surface area contributed by atoms with Gasteiger partial charge in [0.05, 0.1) is 5.02 Å². The maximum Gasteiger partial charge on any atom is 0.223 e. The maximum atomic E-state index is 5.91. The first-order valence-corrected chi connectivity index (χ1v) is 4.80. The first-order valence-electron chi connectivity index (χ1n) is 4.42. The van der Waals surface area contributed by atoms with Crippen molar-refractivity contribution in [2.45, 2.75) is 13.5 Å². The van der Waals surface area contributed by atoms with Crippen molar-refractivity contribution < 1.29 is 9.26 Å². The summed E-state index contributed by atoms with van der Waals surface area (Å²) >= 11 is 5.91. The van der Waals surface area contributed by atoms with Gasteiger partial charge in [-0.2, -0.15) is 4.98 Å². The number of aryl methyl sites for hydroxylation is 1. The number of para-hydroxylation sites is 1. The van der Waals surface area contributed by atoms with Crippen molar-refractivity contribution >= 4 is 11.6 Å². The van der Waals surface area contributed by atoms with Crippen LogP contribution >= 0.6 is 11.6 Å². The standard InChI is InChI=1S/C10H9ClN2O2/c1-7-12-10(13-15-7)6-14-9-5-3-2-4-8(9)11/h2-5H,6H2,1H3. The average molecular weight is 225 g/mol. The molecule has 0 aliphatic heterocycles. The van der Waals surface area contributed by atoms with Gasteiger partial charge in [-0.25, -0.2) is 0 Å². The topological polar surface area (TPSA) is 48.2 Å². The number of hydrogen-bond donors (Lipinski definition) is 0. The fraction of sp³-hybridized carbons (Fsp3) is 0.200.